The van der Waals surface area contributed by atoms with Gasteiger partial charge in [0.25, 0.3) is 10.0 Å². The summed E-state index contributed by atoms with van der Waals surface area (Å²) in [7, 11) is -4.17. The number of anilines is 1. The number of rotatable bonds is 13. The monoisotopic (exact) mass is 631 g/mol. The molecule has 4 aromatic rings. The Morgan fingerprint density at radius 3 is 2.11 bits per heavy atom. The van der Waals surface area contributed by atoms with E-state index < -0.39 is 28.5 Å². The first-order chi connectivity index (χ1) is 21.1. The Morgan fingerprint density at radius 2 is 1.48 bits per heavy atom. The fourth-order valence-corrected chi connectivity index (χ4v) is 6.44. The van der Waals surface area contributed by atoms with Gasteiger partial charge < -0.3 is 10.2 Å². The molecule has 0 aliphatic heterocycles. The molecular formula is C35H38ClN3O4S. The minimum Gasteiger partial charge on any atom is -0.354 e. The van der Waals surface area contributed by atoms with E-state index in [9.17, 15) is 18.0 Å². The van der Waals surface area contributed by atoms with Gasteiger partial charge in [-0.05, 0) is 67.8 Å². The SMILES string of the molecule is CCCNC(=O)[C@H](Cc1ccccc1)N(Cc1cccc(C)c1)C(=O)CN(c1ccc(Cl)cc1)S(=O)(=O)c1ccc(C)cc1. The van der Waals surface area contributed by atoms with Crippen LogP contribution in [0.4, 0.5) is 5.69 Å². The summed E-state index contributed by atoms with van der Waals surface area (Å²) in [6.45, 7) is 5.85. The molecule has 0 aliphatic carbocycles. The Balaban J connectivity index is 1.79. The molecule has 1 atom stereocenters. The molecule has 0 aliphatic rings. The summed E-state index contributed by atoms with van der Waals surface area (Å²) in [5, 5.41) is 3.39. The fraction of sp³-hybridized carbons (Fsp3) is 0.257. The van der Waals surface area contributed by atoms with Crippen LogP contribution in [0.2, 0.25) is 5.02 Å². The number of halogens is 1. The van der Waals surface area contributed by atoms with E-state index in [-0.39, 0.29) is 29.5 Å². The van der Waals surface area contributed by atoms with Crippen LogP contribution in [0.5, 0.6) is 0 Å². The minimum absolute atomic E-state index is 0.0533. The molecule has 0 unspecified atom stereocenters. The van der Waals surface area contributed by atoms with Crippen LogP contribution in [-0.4, -0.2) is 44.3 Å². The molecule has 2 amide bonds. The van der Waals surface area contributed by atoms with Crippen LogP contribution in [-0.2, 0) is 32.6 Å². The van der Waals surface area contributed by atoms with Crippen LogP contribution in [0, 0.1) is 13.8 Å². The summed E-state index contributed by atoms with van der Waals surface area (Å²) < 4.78 is 29.2. The molecule has 0 aromatic heterocycles. The maximum atomic E-state index is 14.4. The van der Waals surface area contributed by atoms with Gasteiger partial charge in [0.1, 0.15) is 12.6 Å². The van der Waals surface area contributed by atoms with Gasteiger partial charge in [-0.3, -0.25) is 13.9 Å². The number of carbonyl (C=O) groups excluding carboxylic acids is 2. The number of hydrogen-bond donors (Lipinski definition) is 1. The molecule has 0 spiro atoms. The second-order valence-corrected chi connectivity index (χ2v) is 13.1. The van der Waals surface area contributed by atoms with Gasteiger partial charge in [-0.15, -0.1) is 0 Å². The van der Waals surface area contributed by atoms with Crippen molar-refractivity contribution in [3.05, 3.63) is 130 Å². The quantitative estimate of drug-likeness (QED) is 0.187. The topological polar surface area (TPSA) is 86.8 Å². The zero-order chi connectivity index (χ0) is 31.7. The second kappa shape index (κ2) is 15.0. The van der Waals surface area contributed by atoms with Crippen LogP contribution in [0.3, 0.4) is 0 Å². The number of amides is 2. The number of benzene rings is 4. The normalized spacial score (nSPS) is 11.9. The van der Waals surface area contributed by atoms with Gasteiger partial charge in [-0.1, -0.05) is 96.4 Å². The number of hydrogen-bond acceptors (Lipinski definition) is 4. The van der Waals surface area contributed by atoms with E-state index in [1.54, 1.807) is 36.4 Å². The van der Waals surface area contributed by atoms with Crippen molar-refractivity contribution in [1.82, 2.24) is 10.2 Å². The lowest BCUT2D eigenvalue weighted by atomic mass is 10.0. The Kier molecular flexibility index (Phi) is 11.2. The summed E-state index contributed by atoms with van der Waals surface area (Å²) in [5.74, 6) is -0.805. The van der Waals surface area contributed by atoms with E-state index in [0.29, 0.717) is 11.6 Å². The van der Waals surface area contributed by atoms with Crippen molar-refractivity contribution in [3.8, 4) is 0 Å². The van der Waals surface area contributed by atoms with Crippen molar-refractivity contribution in [1.29, 1.82) is 0 Å². The lowest BCUT2D eigenvalue weighted by Crippen LogP contribution is -2.53. The van der Waals surface area contributed by atoms with Gasteiger partial charge >= 0.3 is 0 Å². The first-order valence-electron chi connectivity index (χ1n) is 14.6. The van der Waals surface area contributed by atoms with Gasteiger partial charge in [0, 0.05) is 24.5 Å². The largest absolute Gasteiger partial charge is 0.354 e. The molecular weight excluding hydrogens is 594 g/mol. The van der Waals surface area contributed by atoms with E-state index in [1.807, 2.05) is 75.4 Å². The average Bonchev–Trinajstić information content (AvgIpc) is 3.01. The molecule has 7 nitrogen and oxygen atoms in total. The van der Waals surface area contributed by atoms with Crippen LogP contribution in [0.1, 0.15) is 35.6 Å². The van der Waals surface area contributed by atoms with Crippen molar-refractivity contribution < 1.29 is 18.0 Å². The zero-order valence-corrected chi connectivity index (χ0v) is 26.8. The Hall–Kier alpha value is -4.14. The summed E-state index contributed by atoms with van der Waals surface area (Å²) in [4.78, 5) is 29.7. The molecule has 4 rings (SSSR count). The van der Waals surface area contributed by atoms with E-state index in [0.717, 1.165) is 33.0 Å². The van der Waals surface area contributed by atoms with Crippen molar-refractivity contribution in [2.45, 2.75) is 51.1 Å². The van der Waals surface area contributed by atoms with Crippen molar-refractivity contribution in [2.24, 2.45) is 0 Å². The summed E-state index contributed by atoms with van der Waals surface area (Å²) in [6.07, 6.45) is 0.994. The molecule has 0 heterocycles. The van der Waals surface area contributed by atoms with E-state index in [2.05, 4.69) is 5.32 Å². The predicted octanol–water partition coefficient (Wildman–Crippen LogP) is 6.32. The number of nitrogens with zero attached hydrogens (tertiary/aromatic N) is 2. The van der Waals surface area contributed by atoms with Crippen molar-refractivity contribution >= 4 is 39.1 Å². The molecule has 0 saturated carbocycles. The number of carbonyl (C=O) groups is 2. The van der Waals surface area contributed by atoms with Gasteiger partial charge in [0.2, 0.25) is 11.8 Å². The highest BCUT2D eigenvalue weighted by atomic mass is 35.5. The van der Waals surface area contributed by atoms with Crippen LogP contribution in [0.15, 0.2) is 108 Å². The third kappa shape index (κ3) is 8.49. The Morgan fingerprint density at radius 1 is 0.818 bits per heavy atom. The van der Waals surface area contributed by atoms with Crippen molar-refractivity contribution in [3.63, 3.8) is 0 Å². The number of sulfonamides is 1. The second-order valence-electron chi connectivity index (χ2n) is 10.8. The molecule has 0 fully saturated rings. The third-order valence-electron chi connectivity index (χ3n) is 7.26. The standard InChI is InChI=1S/C35H38ClN3O4S/c1-4-21-37-35(41)33(23-28-10-6-5-7-11-28)38(24-29-12-8-9-27(3)22-29)34(40)25-39(31-17-15-30(36)16-18-31)44(42,43)32-19-13-26(2)14-20-32/h5-20,22,33H,4,21,23-25H2,1-3H3,(H,37,41)/t33-/m0/s1. The zero-order valence-electron chi connectivity index (χ0n) is 25.2. The van der Waals surface area contributed by atoms with Crippen LogP contribution in [0.25, 0.3) is 0 Å². The number of aryl methyl sites for hydroxylation is 2. The lowest BCUT2D eigenvalue weighted by Gasteiger charge is -2.34. The smallest absolute Gasteiger partial charge is 0.264 e. The first kappa shape index (κ1) is 32.8. The minimum atomic E-state index is -4.17. The van der Waals surface area contributed by atoms with Gasteiger partial charge in [-0.25, -0.2) is 8.42 Å². The van der Waals surface area contributed by atoms with E-state index in [1.165, 1.54) is 17.0 Å². The van der Waals surface area contributed by atoms with Crippen LogP contribution < -0.4 is 9.62 Å². The van der Waals surface area contributed by atoms with Gasteiger partial charge in [0.15, 0.2) is 0 Å². The van der Waals surface area contributed by atoms with E-state index >= 15 is 0 Å². The third-order valence-corrected chi connectivity index (χ3v) is 9.30. The Bertz CT molecular complexity index is 1660. The lowest BCUT2D eigenvalue weighted by molar-refractivity contribution is -0.140. The first-order valence-corrected chi connectivity index (χ1v) is 16.4. The van der Waals surface area contributed by atoms with Gasteiger partial charge in [0.05, 0.1) is 10.6 Å². The molecule has 1 N–H and O–H groups in total. The maximum Gasteiger partial charge on any atom is 0.264 e. The van der Waals surface area contributed by atoms with Crippen LogP contribution >= 0.6 is 11.6 Å². The van der Waals surface area contributed by atoms with E-state index in [4.69, 9.17) is 11.6 Å². The highest BCUT2D eigenvalue weighted by Crippen LogP contribution is 2.27. The summed E-state index contributed by atoms with van der Waals surface area (Å²) in [5.41, 5.74) is 3.92. The molecule has 9 heteroatoms. The van der Waals surface area contributed by atoms with Gasteiger partial charge in [-0.2, -0.15) is 0 Å². The molecule has 44 heavy (non-hydrogen) atoms. The Labute approximate surface area is 265 Å². The van der Waals surface area contributed by atoms with Crippen molar-refractivity contribution in [2.75, 3.05) is 17.4 Å². The summed E-state index contributed by atoms with van der Waals surface area (Å²) in [6, 6.07) is 29.1. The number of nitrogens with one attached hydrogen (secondary N) is 1. The highest BCUT2D eigenvalue weighted by Gasteiger charge is 2.34. The molecule has 4 aromatic carbocycles. The average molecular weight is 632 g/mol. The predicted molar refractivity (Wildman–Crippen MR) is 176 cm³/mol. The maximum absolute atomic E-state index is 14.4. The molecule has 0 radical (unpaired) electrons. The summed E-state index contributed by atoms with van der Waals surface area (Å²) >= 11 is 6.13. The molecule has 230 valence electrons. The fourth-order valence-electron chi connectivity index (χ4n) is 4.90. The highest BCUT2D eigenvalue weighted by molar-refractivity contribution is 7.92. The molecule has 0 saturated heterocycles. The molecule has 0 bridgehead atoms.